The zero-order valence-corrected chi connectivity index (χ0v) is 19.0. The van der Waals surface area contributed by atoms with E-state index in [0.717, 1.165) is 37.2 Å². The van der Waals surface area contributed by atoms with Crippen molar-refractivity contribution in [2.45, 2.75) is 44.2 Å². The first kappa shape index (κ1) is 22.8. The number of nitrogens with one attached hydrogen (secondary N) is 2. The van der Waals surface area contributed by atoms with Crippen molar-refractivity contribution in [3.8, 4) is 5.75 Å². The van der Waals surface area contributed by atoms with E-state index in [-0.39, 0.29) is 23.7 Å². The Bertz CT molecular complexity index is 1130. The van der Waals surface area contributed by atoms with Crippen LogP contribution in [-0.2, 0) is 0 Å². The summed E-state index contributed by atoms with van der Waals surface area (Å²) in [5.41, 5.74) is 1.64. The van der Waals surface area contributed by atoms with E-state index in [1.165, 1.54) is 6.20 Å². The number of rotatable bonds is 7. The van der Waals surface area contributed by atoms with E-state index in [1.807, 2.05) is 19.2 Å². The maximum Gasteiger partial charge on any atom is 0.281 e. The van der Waals surface area contributed by atoms with Gasteiger partial charge in [0.05, 0.1) is 12.8 Å². The van der Waals surface area contributed by atoms with E-state index in [1.54, 1.807) is 42.8 Å². The number of pyridine rings is 1. The second-order valence-corrected chi connectivity index (χ2v) is 8.33. The summed E-state index contributed by atoms with van der Waals surface area (Å²) in [6.07, 6.45) is 2.27. The number of imidazole rings is 1. The fourth-order valence-corrected chi connectivity index (χ4v) is 4.52. The van der Waals surface area contributed by atoms with E-state index < -0.39 is 6.43 Å². The molecule has 3 aromatic rings. The molecule has 1 fully saturated rings. The largest absolute Gasteiger partial charge is 0.495 e. The minimum atomic E-state index is -2.60. The van der Waals surface area contributed by atoms with Crippen LogP contribution in [0, 0.1) is 0 Å². The molecule has 0 aliphatic heterocycles. The zero-order valence-electron chi connectivity index (χ0n) is 19.0. The highest BCUT2D eigenvalue weighted by molar-refractivity contribution is 5.95. The van der Waals surface area contributed by atoms with Gasteiger partial charge in [0.15, 0.2) is 0 Å². The molecule has 2 aromatic heterocycles. The number of anilines is 2. The predicted octanol–water partition coefficient (Wildman–Crippen LogP) is 4.50. The Morgan fingerprint density at radius 2 is 1.97 bits per heavy atom. The molecule has 1 aromatic carbocycles. The van der Waals surface area contributed by atoms with Gasteiger partial charge < -0.3 is 20.3 Å². The van der Waals surface area contributed by atoms with E-state index in [2.05, 4.69) is 20.5 Å². The molecule has 1 amide bonds. The quantitative estimate of drug-likeness (QED) is 0.547. The number of nitrogens with zero attached hydrogens (tertiary/aromatic N) is 3. The number of carbonyl (C=O) groups is 1. The number of hydrogen-bond acceptors (Lipinski definition) is 5. The second kappa shape index (κ2) is 9.64. The van der Waals surface area contributed by atoms with Crippen LogP contribution in [-0.4, -0.2) is 48.6 Å². The molecule has 4 rings (SSSR count). The number of halogens is 2. The van der Waals surface area contributed by atoms with Crippen molar-refractivity contribution in [2.24, 2.45) is 0 Å². The Balaban J connectivity index is 1.39. The van der Waals surface area contributed by atoms with Crippen LogP contribution in [0.3, 0.4) is 0 Å². The highest BCUT2D eigenvalue weighted by Crippen LogP contribution is 2.29. The van der Waals surface area contributed by atoms with Gasteiger partial charge in [0.2, 0.25) is 0 Å². The summed E-state index contributed by atoms with van der Waals surface area (Å²) in [5.74, 6) is 1.41. The monoisotopic (exact) mass is 457 g/mol. The molecule has 7 nitrogen and oxygen atoms in total. The van der Waals surface area contributed by atoms with Crippen molar-refractivity contribution in [3.63, 3.8) is 0 Å². The average Bonchev–Trinajstić information content (AvgIpc) is 3.28. The standard InChI is InChI=1S/C24H29F2N5O2/c1-27-18-13-15(7-12-20(18)33-3)24(32)28-16-8-10-17(11-9-16)30(2)22-6-4-5-21-29-19(23(25)26)14-31(21)22/h4-7,12-14,16-17,23,27H,8-11H2,1-3H3,(H,28,32)/t16-,17+. The molecule has 0 unspecified atom stereocenters. The Morgan fingerprint density at radius 1 is 1.21 bits per heavy atom. The number of alkyl halides is 2. The lowest BCUT2D eigenvalue weighted by atomic mass is 9.90. The van der Waals surface area contributed by atoms with E-state index >= 15 is 0 Å². The molecule has 2 N–H and O–H groups in total. The molecule has 1 aliphatic rings. The third kappa shape index (κ3) is 4.72. The molecule has 1 aliphatic carbocycles. The molecule has 0 bridgehead atoms. The van der Waals surface area contributed by atoms with Gasteiger partial charge in [0.1, 0.15) is 22.9 Å². The number of ether oxygens (including phenoxy) is 1. The van der Waals surface area contributed by atoms with Crippen molar-refractivity contribution in [3.05, 3.63) is 53.9 Å². The maximum absolute atomic E-state index is 13.1. The zero-order chi connectivity index (χ0) is 23.5. The van der Waals surface area contributed by atoms with Crippen LogP contribution in [0.4, 0.5) is 20.3 Å². The Labute approximate surface area is 191 Å². The number of hydrogen-bond donors (Lipinski definition) is 2. The summed E-state index contributed by atoms with van der Waals surface area (Å²) in [7, 11) is 5.36. The van der Waals surface area contributed by atoms with Gasteiger partial charge >= 0.3 is 0 Å². The summed E-state index contributed by atoms with van der Waals surface area (Å²) >= 11 is 0. The number of amides is 1. The topological polar surface area (TPSA) is 70.9 Å². The predicted molar refractivity (Wildman–Crippen MR) is 125 cm³/mol. The van der Waals surface area contributed by atoms with Crippen molar-refractivity contribution in [2.75, 3.05) is 31.4 Å². The van der Waals surface area contributed by atoms with Gasteiger partial charge in [-0.05, 0) is 56.0 Å². The van der Waals surface area contributed by atoms with Crippen LogP contribution in [0.25, 0.3) is 5.65 Å². The highest BCUT2D eigenvalue weighted by atomic mass is 19.3. The third-order valence-corrected chi connectivity index (χ3v) is 6.38. The van der Waals surface area contributed by atoms with Crippen LogP contribution in [0.1, 0.15) is 48.2 Å². The number of aromatic nitrogens is 2. The molecule has 0 radical (unpaired) electrons. The molecule has 1 saturated carbocycles. The summed E-state index contributed by atoms with van der Waals surface area (Å²) in [6.45, 7) is 0. The van der Waals surface area contributed by atoms with Crippen LogP contribution < -0.4 is 20.3 Å². The van der Waals surface area contributed by atoms with Gasteiger partial charge in [-0.2, -0.15) is 0 Å². The summed E-state index contributed by atoms with van der Waals surface area (Å²) in [4.78, 5) is 18.9. The minimum Gasteiger partial charge on any atom is -0.495 e. The number of fused-ring (bicyclic) bond motifs is 1. The van der Waals surface area contributed by atoms with Crippen molar-refractivity contribution >= 4 is 23.1 Å². The average molecular weight is 458 g/mol. The molecule has 176 valence electrons. The van der Waals surface area contributed by atoms with Crippen molar-refractivity contribution < 1.29 is 18.3 Å². The van der Waals surface area contributed by atoms with Crippen LogP contribution in [0.5, 0.6) is 5.75 Å². The van der Waals surface area contributed by atoms with Gasteiger partial charge in [-0.25, -0.2) is 13.8 Å². The fraction of sp³-hybridized carbons (Fsp3) is 0.417. The number of benzene rings is 1. The molecule has 2 heterocycles. The van der Waals surface area contributed by atoms with Crippen LogP contribution >= 0.6 is 0 Å². The van der Waals surface area contributed by atoms with E-state index in [4.69, 9.17) is 4.74 Å². The van der Waals surface area contributed by atoms with E-state index in [9.17, 15) is 13.6 Å². The molecule has 0 atom stereocenters. The van der Waals surface area contributed by atoms with Gasteiger partial charge in [0.25, 0.3) is 12.3 Å². The first-order valence-electron chi connectivity index (χ1n) is 11.1. The lowest BCUT2D eigenvalue weighted by molar-refractivity contribution is 0.0925. The van der Waals surface area contributed by atoms with E-state index in [0.29, 0.717) is 17.0 Å². The summed E-state index contributed by atoms with van der Waals surface area (Å²) < 4.78 is 33.2. The number of carbonyl (C=O) groups excluding carboxylic acids is 1. The van der Waals surface area contributed by atoms with Crippen LogP contribution in [0.2, 0.25) is 0 Å². The molecule has 9 heteroatoms. The maximum atomic E-state index is 13.1. The molecule has 0 saturated heterocycles. The SMILES string of the molecule is CNc1cc(C(=O)N[C@H]2CC[C@@H](N(C)c3cccc4nc(C(F)F)cn34)CC2)ccc1OC. The highest BCUT2D eigenvalue weighted by Gasteiger charge is 2.27. The second-order valence-electron chi connectivity index (χ2n) is 8.33. The molecule has 33 heavy (non-hydrogen) atoms. The van der Waals surface area contributed by atoms with Gasteiger partial charge in [-0.1, -0.05) is 6.07 Å². The van der Waals surface area contributed by atoms with Gasteiger partial charge in [-0.3, -0.25) is 9.20 Å². The number of methoxy groups -OCH3 is 1. The van der Waals surface area contributed by atoms with Crippen molar-refractivity contribution in [1.29, 1.82) is 0 Å². The first-order valence-corrected chi connectivity index (χ1v) is 11.1. The Morgan fingerprint density at radius 3 is 2.64 bits per heavy atom. The van der Waals surface area contributed by atoms with Gasteiger partial charge in [-0.15, -0.1) is 0 Å². The molecule has 0 spiro atoms. The van der Waals surface area contributed by atoms with Crippen molar-refractivity contribution in [1.82, 2.24) is 14.7 Å². The minimum absolute atomic E-state index is 0.0942. The Hall–Kier alpha value is -3.36. The Kier molecular flexibility index (Phi) is 6.67. The lowest BCUT2D eigenvalue weighted by Gasteiger charge is -2.36. The van der Waals surface area contributed by atoms with Crippen LogP contribution in [0.15, 0.2) is 42.6 Å². The van der Waals surface area contributed by atoms with Gasteiger partial charge in [0, 0.05) is 37.9 Å². The lowest BCUT2D eigenvalue weighted by Crippen LogP contribution is -2.43. The first-order chi connectivity index (χ1) is 15.9. The smallest absolute Gasteiger partial charge is 0.281 e. The normalized spacial score (nSPS) is 18.4. The molecular formula is C24H29F2N5O2. The summed E-state index contributed by atoms with van der Waals surface area (Å²) in [6, 6.07) is 11.2. The third-order valence-electron chi connectivity index (χ3n) is 6.38. The summed E-state index contributed by atoms with van der Waals surface area (Å²) in [5, 5.41) is 6.18. The fourth-order valence-electron chi connectivity index (χ4n) is 4.52. The molecular weight excluding hydrogens is 428 g/mol.